The Bertz CT molecular complexity index is 353. The molecule has 0 spiro atoms. The van der Waals surface area contributed by atoms with E-state index in [9.17, 15) is 14.4 Å². The molecule has 0 aliphatic carbocycles. The molecular weight excluding hydrogens is 248 g/mol. The zero-order valence-corrected chi connectivity index (χ0v) is 11.9. The Kier molecular flexibility index (Phi) is 7.48. The summed E-state index contributed by atoms with van der Waals surface area (Å²) in [5.41, 5.74) is 0. The van der Waals surface area contributed by atoms with E-state index in [1.54, 1.807) is 13.8 Å². The van der Waals surface area contributed by atoms with Crippen molar-refractivity contribution in [1.82, 2.24) is 10.6 Å². The van der Waals surface area contributed by atoms with Crippen molar-refractivity contribution < 1.29 is 19.1 Å². The van der Waals surface area contributed by atoms with Crippen molar-refractivity contribution in [2.75, 3.05) is 7.11 Å². The van der Waals surface area contributed by atoms with Crippen molar-refractivity contribution in [3.63, 3.8) is 0 Å². The van der Waals surface area contributed by atoms with E-state index in [2.05, 4.69) is 21.9 Å². The minimum Gasteiger partial charge on any atom is -0.467 e. The molecule has 0 aromatic rings. The molecule has 0 bridgehead atoms. The molecule has 0 unspecified atom stereocenters. The normalized spacial score (nSPS) is 13.3. The van der Waals surface area contributed by atoms with Gasteiger partial charge >= 0.3 is 5.97 Å². The van der Waals surface area contributed by atoms with Crippen molar-refractivity contribution in [3.05, 3.63) is 12.7 Å². The van der Waals surface area contributed by atoms with Crippen LogP contribution >= 0.6 is 0 Å². The van der Waals surface area contributed by atoms with E-state index < -0.39 is 24.0 Å². The highest BCUT2D eigenvalue weighted by Crippen LogP contribution is 2.04. The largest absolute Gasteiger partial charge is 0.467 e. The van der Waals surface area contributed by atoms with E-state index in [1.165, 1.54) is 20.1 Å². The van der Waals surface area contributed by atoms with E-state index in [0.29, 0.717) is 0 Å². The third-order valence-corrected chi connectivity index (χ3v) is 2.51. The first-order chi connectivity index (χ1) is 8.83. The number of hydrogen-bond donors (Lipinski definition) is 2. The molecule has 0 aromatic carbocycles. The average Bonchev–Trinajstić information content (AvgIpc) is 2.33. The Hall–Kier alpha value is -1.85. The van der Waals surface area contributed by atoms with Gasteiger partial charge in [-0.15, -0.1) is 6.58 Å². The summed E-state index contributed by atoms with van der Waals surface area (Å²) >= 11 is 0. The Morgan fingerprint density at radius 1 is 1.26 bits per heavy atom. The van der Waals surface area contributed by atoms with E-state index in [-0.39, 0.29) is 18.2 Å². The second-order valence-corrected chi connectivity index (χ2v) is 4.53. The van der Waals surface area contributed by atoms with Crippen LogP contribution < -0.4 is 10.6 Å². The van der Waals surface area contributed by atoms with Crippen LogP contribution in [0.1, 0.15) is 27.2 Å². The number of ether oxygens (including phenoxy) is 1. The smallest absolute Gasteiger partial charge is 0.328 e. The van der Waals surface area contributed by atoms with Gasteiger partial charge < -0.3 is 15.4 Å². The van der Waals surface area contributed by atoms with E-state index in [4.69, 9.17) is 0 Å². The van der Waals surface area contributed by atoms with Gasteiger partial charge in [0.25, 0.3) is 0 Å². The summed E-state index contributed by atoms with van der Waals surface area (Å²) in [6.07, 6.45) is 1.79. The molecule has 0 saturated carbocycles. The van der Waals surface area contributed by atoms with Crippen LogP contribution in [0, 0.1) is 5.92 Å². The molecule has 19 heavy (non-hydrogen) atoms. The van der Waals surface area contributed by atoms with Crippen LogP contribution in [0.2, 0.25) is 0 Å². The van der Waals surface area contributed by atoms with Crippen molar-refractivity contribution in [3.8, 4) is 0 Å². The second kappa shape index (κ2) is 8.29. The highest BCUT2D eigenvalue weighted by molar-refractivity contribution is 5.90. The minimum atomic E-state index is -0.787. The molecule has 0 saturated heterocycles. The fraction of sp³-hybridized carbons (Fsp3) is 0.615. The molecule has 0 aromatic heterocycles. The maximum absolute atomic E-state index is 12.1. The SMILES string of the molecule is C=CC[C@@H](NC(=O)[C@H](NC(C)=O)C(C)C)C(=O)OC. The third kappa shape index (κ3) is 6.03. The van der Waals surface area contributed by atoms with Crippen LogP contribution in [0.3, 0.4) is 0 Å². The summed E-state index contributed by atoms with van der Waals surface area (Å²) in [7, 11) is 1.25. The Labute approximate surface area is 113 Å². The van der Waals surface area contributed by atoms with Gasteiger partial charge in [-0.25, -0.2) is 4.79 Å². The molecule has 2 atom stereocenters. The number of methoxy groups -OCH3 is 1. The molecule has 0 aliphatic heterocycles. The number of amides is 2. The Balaban J connectivity index is 4.79. The predicted molar refractivity (Wildman–Crippen MR) is 71.2 cm³/mol. The topological polar surface area (TPSA) is 84.5 Å². The summed E-state index contributed by atoms with van der Waals surface area (Å²) in [6, 6.07) is -1.47. The van der Waals surface area contributed by atoms with Crippen LogP contribution in [0.25, 0.3) is 0 Å². The lowest BCUT2D eigenvalue weighted by molar-refractivity contribution is -0.145. The minimum absolute atomic E-state index is 0.0917. The first-order valence-corrected chi connectivity index (χ1v) is 6.09. The van der Waals surface area contributed by atoms with Gasteiger partial charge in [0.2, 0.25) is 11.8 Å². The number of carbonyl (C=O) groups excluding carboxylic acids is 3. The van der Waals surface area contributed by atoms with Crippen molar-refractivity contribution in [1.29, 1.82) is 0 Å². The zero-order valence-electron chi connectivity index (χ0n) is 11.9. The highest BCUT2D eigenvalue weighted by atomic mass is 16.5. The first kappa shape index (κ1) is 17.2. The molecule has 108 valence electrons. The number of hydrogen-bond acceptors (Lipinski definition) is 4. The third-order valence-electron chi connectivity index (χ3n) is 2.51. The van der Waals surface area contributed by atoms with Gasteiger partial charge in [0.1, 0.15) is 12.1 Å². The lowest BCUT2D eigenvalue weighted by atomic mass is 10.0. The van der Waals surface area contributed by atoms with Crippen LogP contribution in [-0.2, 0) is 19.1 Å². The number of nitrogens with one attached hydrogen (secondary N) is 2. The summed E-state index contributed by atoms with van der Waals surface area (Å²) in [4.78, 5) is 34.6. The summed E-state index contributed by atoms with van der Waals surface area (Å²) in [6.45, 7) is 8.47. The summed E-state index contributed by atoms with van der Waals surface area (Å²) in [5, 5.41) is 5.11. The molecule has 6 heteroatoms. The van der Waals surface area contributed by atoms with Gasteiger partial charge in [-0.1, -0.05) is 19.9 Å². The van der Waals surface area contributed by atoms with Crippen LogP contribution in [0.5, 0.6) is 0 Å². The van der Waals surface area contributed by atoms with Crippen molar-refractivity contribution >= 4 is 17.8 Å². The molecule has 6 nitrogen and oxygen atoms in total. The predicted octanol–water partition coefficient (Wildman–Crippen LogP) is 0.381. The summed E-state index contributed by atoms with van der Waals surface area (Å²) < 4.78 is 4.60. The highest BCUT2D eigenvalue weighted by Gasteiger charge is 2.27. The van der Waals surface area contributed by atoms with Gasteiger partial charge in [0.05, 0.1) is 7.11 Å². The first-order valence-electron chi connectivity index (χ1n) is 6.09. The lowest BCUT2D eigenvalue weighted by Crippen LogP contribution is -2.53. The Morgan fingerprint density at radius 3 is 2.21 bits per heavy atom. The molecule has 0 radical (unpaired) electrons. The number of rotatable bonds is 7. The zero-order chi connectivity index (χ0) is 15.0. The Morgan fingerprint density at radius 2 is 1.84 bits per heavy atom. The number of carbonyl (C=O) groups is 3. The molecular formula is C13H22N2O4. The average molecular weight is 270 g/mol. The van der Waals surface area contributed by atoms with Crippen molar-refractivity contribution in [2.24, 2.45) is 5.92 Å². The fourth-order valence-electron chi connectivity index (χ4n) is 1.54. The van der Waals surface area contributed by atoms with Crippen LogP contribution in [0.15, 0.2) is 12.7 Å². The van der Waals surface area contributed by atoms with Crippen molar-refractivity contribution in [2.45, 2.75) is 39.3 Å². The van der Waals surface area contributed by atoms with E-state index in [1.807, 2.05) is 0 Å². The van der Waals surface area contributed by atoms with Gasteiger partial charge in [0, 0.05) is 6.92 Å². The van der Waals surface area contributed by atoms with Crippen LogP contribution in [-0.4, -0.2) is 37.0 Å². The molecule has 2 amide bonds. The van der Waals surface area contributed by atoms with E-state index in [0.717, 1.165) is 0 Å². The maximum atomic E-state index is 12.1. The van der Waals surface area contributed by atoms with Gasteiger partial charge in [-0.3, -0.25) is 9.59 Å². The molecule has 0 heterocycles. The monoisotopic (exact) mass is 270 g/mol. The summed E-state index contributed by atoms with van der Waals surface area (Å²) in [5.74, 6) is -1.35. The van der Waals surface area contributed by atoms with Gasteiger partial charge in [-0.05, 0) is 12.3 Å². The second-order valence-electron chi connectivity index (χ2n) is 4.53. The maximum Gasteiger partial charge on any atom is 0.328 e. The van der Waals surface area contributed by atoms with Crippen LogP contribution in [0.4, 0.5) is 0 Å². The molecule has 0 aliphatic rings. The molecule has 0 fully saturated rings. The molecule has 0 rings (SSSR count). The van der Waals surface area contributed by atoms with Gasteiger partial charge in [0.15, 0.2) is 0 Å². The lowest BCUT2D eigenvalue weighted by Gasteiger charge is -2.23. The molecule has 2 N–H and O–H groups in total. The fourth-order valence-corrected chi connectivity index (χ4v) is 1.54. The number of esters is 1. The van der Waals surface area contributed by atoms with Gasteiger partial charge in [-0.2, -0.15) is 0 Å². The standard InChI is InChI=1S/C13H22N2O4/c1-6-7-10(13(18)19-5)15-12(17)11(8(2)3)14-9(4)16/h6,8,10-11H,1,7H2,2-5H3,(H,14,16)(H,15,17)/t10-,11-/m1/s1. The van der Waals surface area contributed by atoms with E-state index >= 15 is 0 Å². The quantitative estimate of drug-likeness (QED) is 0.517.